The quantitative estimate of drug-likeness (QED) is 0.241. The van der Waals surface area contributed by atoms with Gasteiger partial charge < -0.3 is 14.4 Å². The van der Waals surface area contributed by atoms with Gasteiger partial charge in [0.05, 0.1) is 11.4 Å². The number of carbonyl (C=O) groups is 1. The zero-order valence-electron chi connectivity index (χ0n) is 23.7. The van der Waals surface area contributed by atoms with Gasteiger partial charge in [0.2, 0.25) is 5.95 Å². The van der Waals surface area contributed by atoms with Crippen LogP contribution < -0.4 is 9.64 Å². The number of Topliss-reactive ketones (excluding diaryl/α,β-unsaturated/α-hetero) is 1. The fraction of sp³-hybridized carbons (Fsp3) is 0.394. The van der Waals surface area contributed by atoms with Crippen LogP contribution in [0.1, 0.15) is 64.0 Å². The largest absolute Gasteiger partial charge is 0.488 e. The lowest BCUT2D eigenvalue weighted by molar-refractivity contribution is -0.117. The first-order valence-electron chi connectivity index (χ1n) is 13.9. The summed E-state index contributed by atoms with van der Waals surface area (Å²) in [6.07, 6.45) is 8.44. The van der Waals surface area contributed by atoms with E-state index >= 15 is 0 Å². The van der Waals surface area contributed by atoms with Gasteiger partial charge >= 0.3 is 0 Å². The second kappa shape index (κ2) is 13.3. The van der Waals surface area contributed by atoms with E-state index in [-0.39, 0.29) is 5.78 Å². The van der Waals surface area contributed by atoms with Crippen molar-refractivity contribution in [2.24, 2.45) is 10.9 Å². The van der Waals surface area contributed by atoms with Crippen LogP contribution in [0.4, 0.5) is 11.6 Å². The maximum absolute atomic E-state index is 11.2. The van der Waals surface area contributed by atoms with Crippen molar-refractivity contribution < 1.29 is 9.53 Å². The fourth-order valence-electron chi connectivity index (χ4n) is 4.73. The Hall–Kier alpha value is -3.80. The molecule has 0 aliphatic carbocycles. The molecule has 0 N–H and O–H groups in total. The highest BCUT2D eigenvalue weighted by Gasteiger charge is 2.18. The van der Waals surface area contributed by atoms with Crippen molar-refractivity contribution in [1.82, 2.24) is 9.97 Å². The Labute approximate surface area is 232 Å². The summed E-state index contributed by atoms with van der Waals surface area (Å²) in [5.41, 5.74) is 7.05. The maximum Gasteiger partial charge on any atom is 0.225 e. The number of benzene rings is 2. The van der Waals surface area contributed by atoms with E-state index in [2.05, 4.69) is 47.4 Å². The number of piperidine rings is 1. The number of hydrogen-bond acceptors (Lipinski definition) is 6. The van der Waals surface area contributed by atoms with Gasteiger partial charge in [-0.3, -0.25) is 4.99 Å². The Morgan fingerprint density at radius 1 is 1.05 bits per heavy atom. The van der Waals surface area contributed by atoms with Gasteiger partial charge in [0.15, 0.2) is 0 Å². The number of hydrogen-bond donors (Lipinski definition) is 0. The Morgan fingerprint density at radius 3 is 2.49 bits per heavy atom. The normalized spacial score (nSPS) is 14.4. The molecule has 0 saturated carbocycles. The first kappa shape index (κ1) is 28.2. The van der Waals surface area contributed by atoms with E-state index in [1.807, 2.05) is 49.6 Å². The molecule has 1 fully saturated rings. The number of ether oxygens (including phenoxy) is 1. The molecule has 0 spiro atoms. The van der Waals surface area contributed by atoms with Crippen molar-refractivity contribution in [3.8, 4) is 16.9 Å². The number of anilines is 1. The van der Waals surface area contributed by atoms with Crippen LogP contribution in [0.5, 0.6) is 5.75 Å². The number of aliphatic imine (C=N–C) groups is 1. The molecule has 6 nitrogen and oxygen atoms in total. The van der Waals surface area contributed by atoms with E-state index in [1.165, 1.54) is 12.8 Å². The third-order valence-corrected chi connectivity index (χ3v) is 7.24. The van der Waals surface area contributed by atoms with Gasteiger partial charge in [-0.05, 0) is 98.9 Å². The van der Waals surface area contributed by atoms with E-state index in [0.717, 1.165) is 82.8 Å². The van der Waals surface area contributed by atoms with Gasteiger partial charge in [-0.2, -0.15) is 0 Å². The smallest absolute Gasteiger partial charge is 0.225 e. The molecule has 0 atom stereocenters. The molecule has 2 aromatic carbocycles. The average Bonchev–Trinajstić information content (AvgIpc) is 2.93. The summed E-state index contributed by atoms with van der Waals surface area (Å²) in [7, 11) is 0. The Bertz CT molecular complexity index is 1320. The third kappa shape index (κ3) is 8.09. The average molecular weight is 525 g/mol. The fourth-order valence-corrected chi connectivity index (χ4v) is 4.73. The molecule has 0 radical (unpaired) electrons. The van der Waals surface area contributed by atoms with Crippen LogP contribution >= 0.6 is 0 Å². The lowest BCUT2D eigenvalue weighted by atomic mass is 10.00. The SMILES string of the molecule is C=C(CCCC(C)=O)c1cccc(OCC(C)=Nc2ccc(-c3cnc(N4CCC(C)CC4)nc3)cc2C)c1. The van der Waals surface area contributed by atoms with Crippen LogP contribution in [0.25, 0.3) is 16.7 Å². The van der Waals surface area contributed by atoms with Gasteiger partial charge in [-0.1, -0.05) is 31.7 Å². The minimum absolute atomic E-state index is 0.213. The molecule has 1 saturated heterocycles. The summed E-state index contributed by atoms with van der Waals surface area (Å²) in [4.78, 5) is 27.6. The summed E-state index contributed by atoms with van der Waals surface area (Å²) in [6.45, 7) is 14.6. The highest BCUT2D eigenvalue weighted by Crippen LogP contribution is 2.28. The number of aryl methyl sites for hydroxylation is 1. The molecule has 0 unspecified atom stereocenters. The van der Waals surface area contributed by atoms with Crippen molar-refractivity contribution in [1.29, 1.82) is 0 Å². The van der Waals surface area contributed by atoms with Gasteiger partial charge in [0.25, 0.3) is 0 Å². The molecule has 0 amide bonds. The van der Waals surface area contributed by atoms with Crippen LogP contribution in [-0.4, -0.2) is 41.2 Å². The molecule has 2 heterocycles. The first-order valence-corrected chi connectivity index (χ1v) is 13.9. The number of rotatable bonds is 11. The van der Waals surface area contributed by atoms with Crippen LogP contribution in [0.3, 0.4) is 0 Å². The van der Waals surface area contributed by atoms with Crippen molar-refractivity contribution in [3.05, 3.63) is 72.6 Å². The summed E-state index contributed by atoms with van der Waals surface area (Å²) < 4.78 is 6.03. The standard InChI is InChI=1S/C33H40N4O2/c1-23-14-16-37(17-15-23)33-34-20-30(21-35-33)29-12-13-32(25(3)18-29)36-26(4)22-39-31-11-7-10-28(19-31)24(2)8-6-9-27(5)38/h7,10-13,18-21,23H,2,6,8-9,14-17,22H2,1,3-5H3. The summed E-state index contributed by atoms with van der Waals surface area (Å²) in [6, 6.07) is 14.2. The molecule has 0 bridgehead atoms. The lowest BCUT2D eigenvalue weighted by Gasteiger charge is -2.30. The van der Waals surface area contributed by atoms with E-state index < -0.39 is 0 Å². The van der Waals surface area contributed by atoms with Crippen LogP contribution in [0, 0.1) is 12.8 Å². The van der Waals surface area contributed by atoms with Gasteiger partial charge in [-0.15, -0.1) is 0 Å². The molecule has 39 heavy (non-hydrogen) atoms. The molecule has 6 heteroatoms. The molecular formula is C33H40N4O2. The van der Waals surface area contributed by atoms with E-state index in [1.54, 1.807) is 6.92 Å². The number of allylic oxidation sites excluding steroid dienone is 1. The predicted octanol–water partition coefficient (Wildman–Crippen LogP) is 7.63. The summed E-state index contributed by atoms with van der Waals surface area (Å²) in [5.74, 6) is 2.60. The first-order chi connectivity index (χ1) is 18.8. The zero-order chi connectivity index (χ0) is 27.8. The number of carbonyl (C=O) groups excluding carboxylic acids is 1. The number of aromatic nitrogens is 2. The highest BCUT2D eigenvalue weighted by atomic mass is 16.5. The molecule has 1 aliphatic heterocycles. The Kier molecular flexibility index (Phi) is 9.64. The van der Waals surface area contributed by atoms with Crippen molar-refractivity contribution in [2.75, 3.05) is 24.6 Å². The van der Waals surface area contributed by atoms with Gasteiger partial charge in [0, 0.05) is 37.5 Å². The molecule has 1 aliphatic rings. The van der Waals surface area contributed by atoms with Crippen molar-refractivity contribution in [2.45, 2.75) is 59.8 Å². The molecular weight excluding hydrogens is 484 g/mol. The molecule has 3 aromatic rings. The van der Waals surface area contributed by atoms with Crippen LogP contribution in [0.15, 0.2) is 66.4 Å². The van der Waals surface area contributed by atoms with Gasteiger partial charge in [0.1, 0.15) is 18.1 Å². The summed E-state index contributed by atoms with van der Waals surface area (Å²) in [5, 5.41) is 0. The van der Waals surface area contributed by atoms with E-state index in [0.29, 0.717) is 13.0 Å². The van der Waals surface area contributed by atoms with Crippen molar-refractivity contribution >= 4 is 28.7 Å². The Balaban J connectivity index is 1.35. The second-order valence-electron chi connectivity index (χ2n) is 10.8. The summed E-state index contributed by atoms with van der Waals surface area (Å²) >= 11 is 0. The highest BCUT2D eigenvalue weighted by molar-refractivity contribution is 5.86. The van der Waals surface area contributed by atoms with Gasteiger partial charge in [-0.25, -0.2) is 9.97 Å². The molecule has 4 rings (SSSR count). The monoisotopic (exact) mass is 524 g/mol. The zero-order valence-corrected chi connectivity index (χ0v) is 23.7. The van der Waals surface area contributed by atoms with Crippen LogP contribution in [0.2, 0.25) is 0 Å². The minimum atomic E-state index is 0.213. The van der Waals surface area contributed by atoms with E-state index in [9.17, 15) is 4.79 Å². The minimum Gasteiger partial charge on any atom is -0.488 e. The molecule has 1 aromatic heterocycles. The van der Waals surface area contributed by atoms with Crippen LogP contribution in [-0.2, 0) is 4.79 Å². The predicted molar refractivity (Wildman–Crippen MR) is 161 cm³/mol. The maximum atomic E-state index is 11.2. The topological polar surface area (TPSA) is 67.7 Å². The molecule has 204 valence electrons. The second-order valence-corrected chi connectivity index (χ2v) is 10.8. The number of nitrogens with zero attached hydrogens (tertiary/aromatic N) is 4. The van der Waals surface area contributed by atoms with Crippen molar-refractivity contribution in [3.63, 3.8) is 0 Å². The third-order valence-electron chi connectivity index (χ3n) is 7.24. The number of ketones is 1. The van der Waals surface area contributed by atoms with E-state index in [4.69, 9.17) is 9.73 Å². The Morgan fingerprint density at radius 2 is 1.79 bits per heavy atom. The lowest BCUT2D eigenvalue weighted by Crippen LogP contribution is -2.33.